The fourth-order valence-electron chi connectivity index (χ4n) is 3.96. The number of carbonyl (C=O) groups is 2. The molecule has 0 radical (unpaired) electrons. The minimum atomic E-state index is -0.703. The second kappa shape index (κ2) is 12.5. The summed E-state index contributed by atoms with van der Waals surface area (Å²) >= 11 is 1.55. The molecule has 0 aromatic heterocycles. The van der Waals surface area contributed by atoms with Gasteiger partial charge in [0.15, 0.2) is 6.10 Å². The molecule has 1 aliphatic rings. The van der Waals surface area contributed by atoms with Gasteiger partial charge in [-0.15, -0.1) is 11.8 Å². The summed E-state index contributed by atoms with van der Waals surface area (Å²) in [4.78, 5) is 25.2. The van der Waals surface area contributed by atoms with Crippen LogP contribution >= 0.6 is 11.8 Å². The molecule has 0 spiro atoms. The van der Waals surface area contributed by atoms with Crippen LogP contribution in [0.5, 0.6) is 0 Å². The van der Waals surface area contributed by atoms with Gasteiger partial charge < -0.3 is 14.2 Å². The maximum Gasteiger partial charge on any atom is 0.303 e. The number of hydrogen-bond donors (Lipinski definition) is 0. The minimum absolute atomic E-state index is 0.138. The molecule has 3 unspecified atom stereocenters. The molecular formula is C29H28O5S. The van der Waals surface area contributed by atoms with Crippen LogP contribution in [0, 0.1) is 0 Å². The minimum Gasteiger partial charge on any atom is -0.457 e. The van der Waals surface area contributed by atoms with E-state index in [1.54, 1.807) is 11.8 Å². The lowest BCUT2D eigenvalue weighted by atomic mass is 10.0. The van der Waals surface area contributed by atoms with Crippen molar-refractivity contribution in [1.82, 2.24) is 0 Å². The number of rotatable bonds is 11. The average Bonchev–Trinajstić information content (AvgIpc) is 2.89. The number of esters is 1. The molecule has 3 aromatic rings. The van der Waals surface area contributed by atoms with Crippen molar-refractivity contribution in [3.63, 3.8) is 0 Å². The molecule has 0 amide bonds. The molecule has 0 aliphatic carbocycles. The van der Waals surface area contributed by atoms with Crippen LogP contribution in [0.4, 0.5) is 0 Å². The van der Waals surface area contributed by atoms with E-state index in [4.69, 9.17) is 14.2 Å². The van der Waals surface area contributed by atoms with Crippen LogP contribution in [0.2, 0.25) is 0 Å². The van der Waals surface area contributed by atoms with Crippen LogP contribution < -0.4 is 0 Å². The molecule has 180 valence electrons. The monoisotopic (exact) mass is 488 g/mol. The summed E-state index contributed by atoms with van der Waals surface area (Å²) in [5.41, 5.74) is 3.58. The van der Waals surface area contributed by atoms with Gasteiger partial charge in [-0.25, -0.2) is 0 Å². The molecule has 0 saturated heterocycles. The summed E-state index contributed by atoms with van der Waals surface area (Å²) in [5, 5.41) is -0.365. The lowest BCUT2D eigenvalue weighted by Crippen LogP contribution is -2.44. The Balaban J connectivity index is 1.60. The van der Waals surface area contributed by atoms with Gasteiger partial charge in [0, 0.05) is 17.4 Å². The molecule has 0 saturated carbocycles. The topological polar surface area (TPSA) is 61.8 Å². The van der Waals surface area contributed by atoms with Crippen molar-refractivity contribution in [2.75, 3.05) is 6.61 Å². The Bertz CT molecular complexity index is 1150. The quantitative estimate of drug-likeness (QED) is 0.263. The van der Waals surface area contributed by atoms with Crippen molar-refractivity contribution in [1.29, 1.82) is 0 Å². The molecule has 1 heterocycles. The average molecular weight is 489 g/mol. The molecule has 0 N–H and O–H groups in total. The van der Waals surface area contributed by atoms with Gasteiger partial charge in [0.1, 0.15) is 12.4 Å². The SMILES string of the molecule is CC(=O)OC(COCc1ccccc1)C(OCc1ccccc1)C1Sc2ccccc2C=C1C=O. The third-order valence-electron chi connectivity index (χ3n) is 5.62. The highest BCUT2D eigenvalue weighted by molar-refractivity contribution is 8.00. The van der Waals surface area contributed by atoms with Crippen LogP contribution in [-0.2, 0) is 37.0 Å². The number of hydrogen-bond acceptors (Lipinski definition) is 6. The normalized spacial score (nSPS) is 16.5. The summed E-state index contributed by atoms with van der Waals surface area (Å²) in [5.74, 6) is -0.426. The van der Waals surface area contributed by atoms with E-state index >= 15 is 0 Å². The maximum absolute atomic E-state index is 12.1. The van der Waals surface area contributed by atoms with Crippen LogP contribution in [0.1, 0.15) is 23.6 Å². The Labute approximate surface area is 210 Å². The zero-order chi connectivity index (χ0) is 24.5. The zero-order valence-corrected chi connectivity index (χ0v) is 20.4. The second-order valence-electron chi connectivity index (χ2n) is 8.25. The third-order valence-corrected chi connectivity index (χ3v) is 7.04. The van der Waals surface area contributed by atoms with Gasteiger partial charge in [0.2, 0.25) is 0 Å². The molecule has 3 aromatic carbocycles. The second-order valence-corrected chi connectivity index (χ2v) is 9.43. The molecule has 0 fully saturated rings. The van der Waals surface area contributed by atoms with Gasteiger partial charge in [0.05, 0.1) is 25.1 Å². The first-order valence-electron chi connectivity index (χ1n) is 11.5. The predicted molar refractivity (Wildman–Crippen MR) is 137 cm³/mol. The van der Waals surface area contributed by atoms with Gasteiger partial charge in [-0.1, -0.05) is 78.9 Å². The lowest BCUT2D eigenvalue weighted by molar-refractivity contribution is -0.161. The molecule has 3 atom stereocenters. The van der Waals surface area contributed by atoms with Crippen molar-refractivity contribution in [2.45, 2.75) is 42.5 Å². The maximum atomic E-state index is 12.1. The fourth-order valence-corrected chi connectivity index (χ4v) is 5.31. The Morgan fingerprint density at radius 2 is 1.54 bits per heavy atom. The molecule has 4 rings (SSSR count). The largest absolute Gasteiger partial charge is 0.457 e. The third kappa shape index (κ3) is 6.92. The molecule has 6 heteroatoms. The van der Waals surface area contributed by atoms with Crippen molar-refractivity contribution in [3.8, 4) is 0 Å². The molecule has 1 aliphatic heterocycles. The van der Waals surface area contributed by atoms with E-state index in [1.165, 1.54) is 6.92 Å². The van der Waals surface area contributed by atoms with E-state index in [0.717, 1.165) is 27.9 Å². The molecular weight excluding hydrogens is 460 g/mol. The summed E-state index contributed by atoms with van der Waals surface area (Å²) in [6.45, 7) is 2.20. The zero-order valence-electron chi connectivity index (χ0n) is 19.5. The van der Waals surface area contributed by atoms with E-state index < -0.39 is 18.2 Å². The first kappa shape index (κ1) is 24.9. The highest BCUT2D eigenvalue weighted by Crippen LogP contribution is 2.40. The Hall–Kier alpha value is -3.19. The first-order valence-corrected chi connectivity index (χ1v) is 12.4. The number of benzene rings is 3. The number of carbonyl (C=O) groups excluding carboxylic acids is 2. The summed E-state index contributed by atoms with van der Waals surface area (Å²) in [7, 11) is 0. The molecule has 0 bridgehead atoms. The summed E-state index contributed by atoms with van der Waals surface area (Å²) in [6, 6.07) is 27.5. The van der Waals surface area contributed by atoms with Gasteiger partial charge in [-0.2, -0.15) is 0 Å². The van der Waals surface area contributed by atoms with Gasteiger partial charge >= 0.3 is 5.97 Å². The van der Waals surface area contributed by atoms with E-state index in [9.17, 15) is 9.59 Å². The lowest BCUT2D eigenvalue weighted by Gasteiger charge is -2.35. The standard InChI is InChI=1S/C29H28O5S/c1-21(31)34-26(20-32-18-22-10-4-2-5-11-22)28(33-19-23-12-6-3-7-13-23)29-25(17-30)16-24-14-8-9-15-27(24)35-29/h2-17,26,28-29H,18-20H2,1H3. The van der Waals surface area contributed by atoms with E-state index in [1.807, 2.05) is 91.0 Å². The first-order chi connectivity index (χ1) is 17.1. The summed E-state index contributed by atoms with van der Waals surface area (Å²) < 4.78 is 18.1. The van der Waals surface area contributed by atoms with Crippen LogP contribution in [-0.4, -0.2) is 36.3 Å². The number of aldehydes is 1. The van der Waals surface area contributed by atoms with Crippen molar-refractivity contribution < 1.29 is 23.8 Å². The van der Waals surface area contributed by atoms with Crippen molar-refractivity contribution in [2.24, 2.45) is 0 Å². The van der Waals surface area contributed by atoms with E-state index in [2.05, 4.69) is 0 Å². The van der Waals surface area contributed by atoms with Crippen LogP contribution in [0.15, 0.2) is 95.4 Å². The van der Waals surface area contributed by atoms with Gasteiger partial charge in [0.25, 0.3) is 0 Å². The van der Waals surface area contributed by atoms with E-state index in [-0.39, 0.29) is 11.9 Å². The number of fused-ring (bicyclic) bond motifs is 1. The van der Waals surface area contributed by atoms with Crippen LogP contribution in [0.3, 0.4) is 0 Å². The van der Waals surface area contributed by atoms with Gasteiger partial charge in [-0.3, -0.25) is 9.59 Å². The Morgan fingerprint density at radius 1 is 0.914 bits per heavy atom. The predicted octanol–water partition coefficient (Wildman–Crippen LogP) is 5.48. The Morgan fingerprint density at radius 3 is 2.20 bits per heavy atom. The number of thioether (sulfide) groups is 1. The molecule has 5 nitrogen and oxygen atoms in total. The van der Waals surface area contributed by atoms with E-state index in [0.29, 0.717) is 18.8 Å². The summed E-state index contributed by atoms with van der Waals surface area (Å²) in [6.07, 6.45) is 1.44. The van der Waals surface area contributed by atoms with Crippen LogP contribution in [0.25, 0.3) is 6.08 Å². The number of ether oxygens (including phenoxy) is 3. The van der Waals surface area contributed by atoms with Crippen molar-refractivity contribution >= 4 is 30.1 Å². The van der Waals surface area contributed by atoms with Gasteiger partial charge in [-0.05, 0) is 28.8 Å². The smallest absolute Gasteiger partial charge is 0.303 e. The highest BCUT2D eigenvalue weighted by Gasteiger charge is 2.38. The Kier molecular flexibility index (Phi) is 8.90. The molecule has 35 heavy (non-hydrogen) atoms. The van der Waals surface area contributed by atoms with Crippen molar-refractivity contribution in [3.05, 3.63) is 107 Å². The fraction of sp³-hybridized carbons (Fsp3) is 0.241. The highest BCUT2D eigenvalue weighted by atomic mass is 32.2.